The van der Waals surface area contributed by atoms with Gasteiger partial charge in [0.2, 0.25) is 6.29 Å². The summed E-state index contributed by atoms with van der Waals surface area (Å²) in [6.45, 7) is 2.99. The molecular weight excluding hydrogens is 83.0 g/mol. The summed E-state index contributed by atoms with van der Waals surface area (Å²) < 4.78 is 11.3. The molecule has 0 saturated carbocycles. The molecule has 1 nitrogen and oxygen atoms in total. The van der Waals surface area contributed by atoms with E-state index in [-0.39, 0.29) is 0 Å². The smallest absolute Gasteiger partial charge is 0.239 e. The van der Waals surface area contributed by atoms with Crippen LogP contribution in [0.15, 0.2) is 12.7 Å². The molecule has 0 aromatic heterocycles. The fourth-order valence-electron chi connectivity index (χ4n) is 0.0481. The lowest BCUT2D eigenvalue weighted by molar-refractivity contribution is 0.451. The van der Waals surface area contributed by atoms with E-state index in [2.05, 4.69) is 6.58 Å². The highest BCUT2D eigenvalue weighted by molar-refractivity contribution is 5.59. The van der Waals surface area contributed by atoms with Crippen LogP contribution in [0.2, 0.25) is 0 Å². The van der Waals surface area contributed by atoms with Gasteiger partial charge in [-0.1, -0.05) is 6.58 Å². The lowest BCUT2D eigenvalue weighted by atomic mass is 10.4. The van der Waals surface area contributed by atoms with E-state index in [1.54, 1.807) is 0 Å². The van der Waals surface area contributed by atoms with E-state index >= 15 is 0 Å². The average molecular weight is 87.1 g/mol. The second kappa shape index (κ2) is 2.57. The van der Waals surface area contributed by atoms with E-state index < -0.39 is 6.17 Å². The molecule has 0 heterocycles. The number of rotatable bonds is 2. The fraction of sp³-hybridized carbons (Fsp3) is 0.250. The number of halogens is 1. The molecule has 0 saturated heterocycles. The SMILES string of the molecule is C=CC(F)[C]=O. The van der Waals surface area contributed by atoms with Crippen molar-refractivity contribution in [2.75, 3.05) is 0 Å². The molecule has 6 heavy (non-hydrogen) atoms. The fourth-order valence-corrected chi connectivity index (χ4v) is 0.0481. The second-order valence-electron chi connectivity index (χ2n) is 0.755. The summed E-state index contributed by atoms with van der Waals surface area (Å²) >= 11 is 0. The van der Waals surface area contributed by atoms with Crippen molar-refractivity contribution in [1.29, 1.82) is 0 Å². The molecule has 0 aliphatic heterocycles. The summed E-state index contributed by atoms with van der Waals surface area (Å²) in [4.78, 5) is 9.16. The van der Waals surface area contributed by atoms with Crippen LogP contribution in [0.4, 0.5) is 4.39 Å². The summed E-state index contributed by atoms with van der Waals surface area (Å²) in [5, 5.41) is 0. The highest BCUT2D eigenvalue weighted by Gasteiger charge is 1.92. The Morgan fingerprint density at radius 1 is 2.00 bits per heavy atom. The molecule has 0 amide bonds. The molecule has 0 aromatic carbocycles. The van der Waals surface area contributed by atoms with Gasteiger partial charge in [-0.3, -0.25) is 4.79 Å². The van der Waals surface area contributed by atoms with Crippen LogP contribution < -0.4 is 0 Å². The molecule has 0 spiro atoms. The topological polar surface area (TPSA) is 17.1 Å². The molecule has 0 N–H and O–H groups in total. The zero-order valence-electron chi connectivity index (χ0n) is 3.15. The first-order chi connectivity index (χ1) is 2.81. The molecule has 1 atom stereocenters. The van der Waals surface area contributed by atoms with Gasteiger partial charge in [0.1, 0.15) is 0 Å². The first-order valence-electron chi connectivity index (χ1n) is 1.45. The minimum absolute atomic E-state index is 0.882. The van der Waals surface area contributed by atoms with Crippen molar-refractivity contribution in [3.8, 4) is 0 Å². The molecule has 0 bridgehead atoms. The average Bonchev–Trinajstić information content (AvgIpc) is 1.65. The van der Waals surface area contributed by atoms with E-state index in [9.17, 15) is 4.39 Å². The van der Waals surface area contributed by atoms with Gasteiger partial charge < -0.3 is 0 Å². The van der Waals surface area contributed by atoms with Gasteiger partial charge in [0.15, 0.2) is 6.17 Å². The van der Waals surface area contributed by atoms with E-state index in [0.29, 0.717) is 0 Å². The Morgan fingerprint density at radius 2 is 2.50 bits per heavy atom. The molecule has 0 aliphatic rings. The van der Waals surface area contributed by atoms with E-state index in [4.69, 9.17) is 4.79 Å². The normalized spacial score (nSPS) is 12.8. The number of hydrogen-bond donors (Lipinski definition) is 0. The predicted octanol–water partition coefficient (Wildman–Crippen LogP) is 0.620. The standard InChI is InChI=1S/C4H4FO/c1-2-4(5)3-6/h2,4H,1H2. The predicted molar refractivity (Wildman–Crippen MR) is 20.8 cm³/mol. The summed E-state index contributed by atoms with van der Waals surface area (Å²) in [6.07, 6.45) is 0.355. The van der Waals surface area contributed by atoms with Gasteiger partial charge in [-0.25, -0.2) is 4.39 Å². The van der Waals surface area contributed by atoms with Crippen LogP contribution >= 0.6 is 0 Å². The maximum Gasteiger partial charge on any atom is 0.239 e. The first kappa shape index (κ1) is 5.34. The Bertz CT molecular complexity index is 52.6. The summed E-state index contributed by atoms with van der Waals surface area (Å²) in [7, 11) is 0. The third kappa shape index (κ3) is 1.64. The molecule has 0 fully saturated rings. The van der Waals surface area contributed by atoms with Crippen LogP contribution in [0, 0.1) is 0 Å². The Labute approximate surface area is 35.5 Å². The van der Waals surface area contributed by atoms with Crippen molar-refractivity contribution in [2.24, 2.45) is 0 Å². The third-order valence-electron chi connectivity index (χ3n) is 0.320. The maximum absolute atomic E-state index is 11.3. The van der Waals surface area contributed by atoms with Gasteiger partial charge in [-0.15, -0.1) is 0 Å². The van der Waals surface area contributed by atoms with Gasteiger partial charge in [0, 0.05) is 0 Å². The van der Waals surface area contributed by atoms with E-state index in [1.165, 1.54) is 0 Å². The minimum Gasteiger partial charge on any atom is -0.287 e. The van der Waals surface area contributed by atoms with Crippen molar-refractivity contribution in [2.45, 2.75) is 6.17 Å². The van der Waals surface area contributed by atoms with Gasteiger partial charge in [-0.05, 0) is 6.08 Å². The Morgan fingerprint density at radius 3 is 2.50 bits per heavy atom. The quantitative estimate of drug-likeness (QED) is 0.451. The molecule has 1 radical (unpaired) electrons. The van der Waals surface area contributed by atoms with Crippen LogP contribution in [0.5, 0.6) is 0 Å². The van der Waals surface area contributed by atoms with Crippen LogP contribution in [0.25, 0.3) is 0 Å². The number of carbonyl (C=O) groups excluding carboxylic acids is 1. The molecular formula is C4H4FO. The lowest BCUT2D eigenvalue weighted by Crippen LogP contribution is -1.91. The second-order valence-corrected chi connectivity index (χ2v) is 0.755. The maximum atomic E-state index is 11.3. The summed E-state index contributed by atoms with van der Waals surface area (Å²) in [5.74, 6) is 0. The van der Waals surface area contributed by atoms with Gasteiger partial charge in [-0.2, -0.15) is 0 Å². The Hall–Kier alpha value is -0.660. The lowest BCUT2D eigenvalue weighted by Gasteiger charge is -1.77. The molecule has 0 aliphatic carbocycles. The van der Waals surface area contributed by atoms with Crippen LogP contribution in [0.3, 0.4) is 0 Å². The molecule has 0 rings (SSSR count). The van der Waals surface area contributed by atoms with Crippen molar-refractivity contribution in [3.05, 3.63) is 12.7 Å². The van der Waals surface area contributed by atoms with Crippen molar-refractivity contribution < 1.29 is 9.18 Å². The zero-order chi connectivity index (χ0) is 4.99. The summed E-state index contributed by atoms with van der Waals surface area (Å²) in [6, 6.07) is 0. The highest BCUT2D eigenvalue weighted by Crippen LogP contribution is 1.81. The Kier molecular flexibility index (Phi) is 2.29. The third-order valence-corrected chi connectivity index (χ3v) is 0.320. The molecule has 2 heteroatoms. The van der Waals surface area contributed by atoms with Crippen molar-refractivity contribution in [3.63, 3.8) is 0 Å². The van der Waals surface area contributed by atoms with Gasteiger partial charge in [0.25, 0.3) is 0 Å². The number of alkyl halides is 1. The molecule has 1 unspecified atom stereocenters. The van der Waals surface area contributed by atoms with Crippen LogP contribution in [0.1, 0.15) is 0 Å². The largest absolute Gasteiger partial charge is 0.287 e. The number of allylic oxidation sites excluding steroid dienone is 1. The van der Waals surface area contributed by atoms with E-state index in [0.717, 1.165) is 12.4 Å². The van der Waals surface area contributed by atoms with Crippen molar-refractivity contribution >= 4 is 6.29 Å². The highest BCUT2D eigenvalue weighted by atomic mass is 19.1. The monoisotopic (exact) mass is 87.0 g/mol. The first-order valence-corrected chi connectivity index (χ1v) is 1.45. The molecule has 33 valence electrons. The van der Waals surface area contributed by atoms with Crippen LogP contribution in [-0.2, 0) is 4.79 Å². The summed E-state index contributed by atoms with van der Waals surface area (Å²) in [5.41, 5.74) is 0. The molecule has 0 aromatic rings. The van der Waals surface area contributed by atoms with Crippen LogP contribution in [-0.4, -0.2) is 12.5 Å². The Balaban J connectivity index is 3.21. The van der Waals surface area contributed by atoms with Gasteiger partial charge in [0.05, 0.1) is 0 Å². The van der Waals surface area contributed by atoms with Gasteiger partial charge >= 0.3 is 0 Å². The number of hydrogen-bond acceptors (Lipinski definition) is 1. The van der Waals surface area contributed by atoms with Crippen molar-refractivity contribution in [1.82, 2.24) is 0 Å². The zero-order valence-corrected chi connectivity index (χ0v) is 3.15. The minimum atomic E-state index is -1.61. The van der Waals surface area contributed by atoms with E-state index in [1.807, 2.05) is 0 Å².